The van der Waals surface area contributed by atoms with Gasteiger partial charge in [0.15, 0.2) is 0 Å². The Balaban J connectivity index is 1.56. The molecule has 0 saturated heterocycles. The van der Waals surface area contributed by atoms with Crippen LogP contribution in [0.15, 0.2) is 34.1 Å². The zero-order valence-electron chi connectivity index (χ0n) is 13.4. The summed E-state index contributed by atoms with van der Waals surface area (Å²) in [5.41, 5.74) is 0. The number of hydrogen-bond donors (Lipinski definition) is 1. The van der Waals surface area contributed by atoms with Crippen LogP contribution in [-0.2, 0) is 28.4 Å². The number of nitrogens with zero attached hydrogens (tertiary/aromatic N) is 3. The molecule has 0 radical (unpaired) electrons. The molecular weight excluding hydrogens is 348 g/mol. The van der Waals surface area contributed by atoms with E-state index < -0.39 is 10.0 Å². The summed E-state index contributed by atoms with van der Waals surface area (Å²) in [7, 11) is -1.62. The quantitative estimate of drug-likeness (QED) is 0.762. The zero-order valence-corrected chi connectivity index (χ0v) is 15.0. The number of thiophene rings is 1. The fourth-order valence-corrected chi connectivity index (χ4v) is 4.50. The highest BCUT2D eigenvalue weighted by Crippen LogP contribution is 2.28. The molecule has 1 N–H and O–H groups in total. The Morgan fingerprint density at radius 2 is 2.29 bits per heavy atom. The van der Waals surface area contributed by atoms with Gasteiger partial charge in [-0.1, -0.05) is 6.07 Å². The Morgan fingerprint density at radius 1 is 1.50 bits per heavy atom. The highest BCUT2D eigenvalue weighted by molar-refractivity contribution is 7.91. The van der Waals surface area contributed by atoms with Crippen LogP contribution >= 0.6 is 11.3 Å². The molecule has 2 aromatic rings. The van der Waals surface area contributed by atoms with Gasteiger partial charge in [-0.3, -0.25) is 4.79 Å². The summed E-state index contributed by atoms with van der Waals surface area (Å²) in [5, 5.41) is 1.71. The van der Waals surface area contributed by atoms with Gasteiger partial charge in [0.2, 0.25) is 15.9 Å². The first-order valence-electron chi connectivity index (χ1n) is 7.76. The second kappa shape index (κ2) is 7.04. The number of carbonyl (C=O) groups excluding carboxylic acids is 1. The largest absolute Gasteiger partial charge is 0.337 e. The van der Waals surface area contributed by atoms with Gasteiger partial charge < -0.3 is 9.47 Å². The Kier molecular flexibility index (Phi) is 5.02. The number of sulfonamides is 1. The Hall–Kier alpha value is -1.71. The monoisotopic (exact) mass is 368 g/mol. The van der Waals surface area contributed by atoms with E-state index in [9.17, 15) is 13.2 Å². The van der Waals surface area contributed by atoms with E-state index in [1.54, 1.807) is 23.7 Å². The van der Waals surface area contributed by atoms with Crippen LogP contribution in [0.1, 0.15) is 25.1 Å². The molecule has 0 unspecified atom stereocenters. The normalized spacial score (nSPS) is 14.7. The second-order valence-corrected chi connectivity index (χ2v) is 8.73. The summed E-state index contributed by atoms with van der Waals surface area (Å²) in [5.74, 6) is 0.781. The van der Waals surface area contributed by atoms with Crippen LogP contribution in [0.3, 0.4) is 0 Å². The minimum Gasteiger partial charge on any atom is -0.337 e. The number of imidazole rings is 1. The predicted molar refractivity (Wildman–Crippen MR) is 90.9 cm³/mol. The molecule has 1 fully saturated rings. The first-order valence-corrected chi connectivity index (χ1v) is 10.1. The smallest absolute Gasteiger partial charge is 0.250 e. The second-order valence-electron chi connectivity index (χ2n) is 5.79. The van der Waals surface area contributed by atoms with Crippen LogP contribution in [0.4, 0.5) is 0 Å². The molecular formula is C15H20N4O3S2. The van der Waals surface area contributed by atoms with Crippen molar-refractivity contribution < 1.29 is 13.2 Å². The molecule has 7 nitrogen and oxygen atoms in total. The van der Waals surface area contributed by atoms with Gasteiger partial charge >= 0.3 is 0 Å². The molecule has 9 heteroatoms. The lowest BCUT2D eigenvalue weighted by molar-refractivity contribution is -0.132. The standard InChI is InChI=1S/C15H20N4O3S2/c1-18-9-8-16-13(18)11-19(12-4-5-12)14(20)6-7-17-24(21,22)15-3-2-10-23-15/h2-3,8-10,12,17H,4-7,11H2,1H3. The molecule has 1 aliphatic rings. The van der Waals surface area contributed by atoms with Crippen LogP contribution in [0.25, 0.3) is 0 Å². The number of carbonyl (C=O) groups is 1. The Labute approximate surface area is 145 Å². The number of hydrogen-bond acceptors (Lipinski definition) is 5. The molecule has 2 aromatic heterocycles. The number of rotatable bonds is 8. The van der Waals surface area contributed by atoms with Crippen molar-refractivity contribution in [3.05, 3.63) is 35.7 Å². The van der Waals surface area contributed by atoms with Crippen molar-refractivity contribution in [3.63, 3.8) is 0 Å². The SMILES string of the molecule is Cn1ccnc1CN(C(=O)CCNS(=O)(=O)c1cccs1)C1CC1. The van der Waals surface area contributed by atoms with Crippen LogP contribution in [-0.4, -0.2) is 41.4 Å². The molecule has 0 aliphatic heterocycles. The average molecular weight is 368 g/mol. The topological polar surface area (TPSA) is 84.3 Å². The minimum atomic E-state index is -3.52. The van der Waals surface area contributed by atoms with Gasteiger partial charge in [0.25, 0.3) is 0 Å². The molecule has 24 heavy (non-hydrogen) atoms. The van der Waals surface area contributed by atoms with E-state index in [0.29, 0.717) is 6.54 Å². The van der Waals surface area contributed by atoms with Crippen LogP contribution in [0.2, 0.25) is 0 Å². The van der Waals surface area contributed by atoms with E-state index in [1.807, 2.05) is 22.7 Å². The third-order valence-electron chi connectivity index (χ3n) is 3.93. The van der Waals surface area contributed by atoms with Crippen molar-refractivity contribution in [3.8, 4) is 0 Å². The molecule has 130 valence electrons. The van der Waals surface area contributed by atoms with E-state index >= 15 is 0 Å². The molecule has 3 rings (SSSR count). The number of aromatic nitrogens is 2. The first-order chi connectivity index (χ1) is 11.5. The first kappa shape index (κ1) is 17.1. The molecule has 1 aliphatic carbocycles. The summed E-state index contributed by atoms with van der Waals surface area (Å²) in [6.45, 7) is 0.563. The Morgan fingerprint density at radius 3 is 2.88 bits per heavy atom. The van der Waals surface area contributed by atoms with Crippen LogP contribution in [0.5, 0.6) is 0 Å². The minimum absolute atomic E-state index is 0.0469. The highest BCUT2D eigenvalue weighted by Gasteiger charge is 2.33. The summed E-state index contributed by atoms with van der Waals surface area (Å²) < 4.78 is 28.8. The van der Waals surface area contributed by atoms with E-state index in [0.717, 1.165) is 30.0 Å². The number of aryl methyl sites for hydroxylation is 1. The van der Waals surface area contributed by atoms with Gasteiger partial charge in [-0.25, -0.2) is 18.1 Å². The van der Waals surface area contributed by atoms with Gasteiger partial charge in [-0.15, -0.1) is 11.3 Å². The lowest BCUT2D eigenvalue weighted by Crippen LogP contribution is -2.36. The summed E-state index contributed by atoms with van der Waals surface area (Å²) in [4.78, 5) is 18.6. The van der Waals surface area contributed by atoms with Gasteiger partial charge in [0, 0.05) is 38.4 Å². The maximum absolute atomic E-state index is 12.5. The van der Waals surface area contributed by atoms with Crippen molar-refractivity contribution >= 4 is 27.3 Å². The summed E-state index contributed by atoms with van der Waals surface area (Å²) >= 11 is 1.16. The molecule has 2 heterocycles. The molecule has 0 aromatic carbocycles. The third-order valence-corrected chi connectivity index (χ3v) is 6.79. The molecule has 0 bridgehead atoms. The van der Waals surface area contributed by atoms with Crippen molar-refractivity contribution in [2.45, 2.75) is 36.1 Å². The summed E-state index contributed by atoms with van der Waals surface area (Å²) in [6.07, 6.45) is 5.69. The maximum Gasteiger partial charge on any atom is 0.250 e. The van der Waals surface area contributed by atoms with Gasteiger partial charge in [-0.2, -0.15) is 0 Å². The summed E-state index contributed by atoms with van der Waals surface area (Å²) in [6, 6.07) is 3.49. The number of nitrogens with one attached hydrogen (secondary N) is 1. The van der Waals surface area contributed by atoms with E-state index in [2.05, 4.69) is 9.71 Å². The molecule has 1 amide bonds. The van der Waals surface area contributed by atoms with Crippen molar-refractivity contribution in [2.75, 3.05) is 6.54 Å². The highest BCUT2D eigenvalue weighted by atomic mass is 32.2. The van der Waals surface area contributed by atoms with Gasteiger partial charge in [0.1, 0.15) is 10.0 Å². The fourth-order valence-electron chi connectivity index (χ4n) is 2.43. The van der Waals surface area contributed by atoms with E-state index in [-0.39, 0.29) is 29.1 Å². The predicted octanol–water partition coefficient (Wildman–Crippen LogP) is 1.34. The van der Waals surface area contributed by atoms with Crippen LogP contribution < -0.4 is 4.72 Å². The fraction of sp³-hybridized carbons (Fsp3) is 0.467. The van der Waals surface area contributed by atoms with E-state index in [1.165, 1.54) is 0 Å². The third kappa shape index (κ3) is 4.03. The van der Waals surface area contributed by atoms with Crippen molar-refractivity contribution in [1.82, 2.24) is 19.2 Å². The Bertz CT molecular complexity index is 795. The van der Waals surface area contributed by atoms with Gasteiger partial charge in [0.05, 0.1) is 6.54 Å². The lowest BCUT2D eigenvalue weighted by atomic mass is 10.3. The van der Waals surface area contributed by atoms with Crippen molar-refractivity contribution in [1.29, 1.82) is 0 Å². The molecule has 0 atom stereocenters. The zero-order chi connectivity index (χ0) is 17.2. The molecule has 1 saturated carbocycles. The average Bonchev–Trinajstić information content (AvgIpc) is 3.05. The van der Waals surface area contributed by atoms with Gasteiger partial charge in [-0.05, 0) is 24.3 Å². The maximum atomic E-state index is 12.5. The molecule has 0 spiro atoms. The van der Waals surface area contributed by atoms with E-state index in [4.69, 9.17) is 0 Å². The van der Waals surface area contributed by atoms with Crippen LogP contribution in [0, 0.1) is 0 Å². The number of amides is 1. The lowest BCUT2D eigenvalue weighted by Gasteiger charge is -2.22. The van der Waals surface area contributed by atoms with Crippen molar-refractivity contribution in [2.24, 2.45) is 7.05 Å².